The van der Waals surface area contributed by atoms with Gasteiger partial charge in [0.15, 0.2) is 16.7 Å². The molecule has 0 radical (unpaired) electrons. The Labute approximate surface area is 535 Å². The van der Waals surface area contributed by atoms with E-state index in [9.17, 15) is 98.4 Å². The van der Waals surface area contributed by atoms with E-state index in [1.807, 2.05) is 0 Å². The average Bonchev–Trinajstić information content (AvgIpc) is 1.64. The highest BCUT2D eigenvalue weighted by Gasteiger charge is 2.35. The normalized spacial score (nSPS) is 16.0. The summed E-state index contributed by atoms with van der Waals surface area (Å²) in [5.41, 5.74) is 2.26. The lowest BCUT2D eigenvalue weighted by Gasteiger charge is -2.35. The minimum Gasteiger partial charge on any atom is -0.481 e. The lowest BCUT2D eigenvalue weighted by Crippen LogP contribution is -2.51. The Hall–Kier alpha value is -8.66. The molecule has 2 heterocycles. The van der Waals surface area contributed by atoms with Crippen LogP contribution in [0.5, 0.6) is 0 Å². The van der Waals surface area contributed by atoms with Gasteiger partial charge in [-0.2, -0.15) is 0 Å². The first-order valence-corrected chi connectivity index (χ1v) is 30.2. The minimum absolute atomic E-state index is 0.0582. The van der Waals surface area contributed by atoms with E-state index >= 15 is 0 Å². The van der Waals surface area contributed by atoms with E-state index in [1.54, 1.807) is 74.2 Å². The molecule has 0 bridgehead atoms. The van der Waals surface area contributed by atoms with E-state index in [1.165, 1.54) is 19.4 Å². The van der Waals surface area contributed by atoms with Crippen molar-refractivity contribution in [3.05, 3.63) is 83.9 Å². The van der Waals surface area contributed by atoms with Crippen molar-refractivity contribution in [3.63, 3.8) is 0 Å². The topological polar surface area (TPSA) is 468 Å². The number of imidazole rings is 1. The van der Waals surface area contributed by atoms with Gasteiger partial charge < -0.3 is 72.4 Å². The maximum Gasteiger partial charge on any atom is 0.328 e. The second kappa shape index (κ2) is 39.6. The molecule has 14 N–H and O–H groups in total. The number of aryl methyl sites for hydroxylation is 1. The molecule has 1 unspecified atom stereocenters. The number of hydrogen-bond donors (Lipinski definition) is 14. The van der Waals surface area contributed by atoms with Crippen molar-refractivity contribution >= 4 is 93.9 Å². The van der Waals surface area contributed by atoms with Gasteiger partial charge in [-0.15, -0.1) is 0 Å². The van der Waals surface area contributed by atoms with Gasteiger partial charge in [-0.3, -0.25) is 72.3 Å². The predicted molar refractivity (Wildman–Crippen MR) is 331 cm³/mol. The molecule has 0 saturated carbocycles. The lowest BCUT2D eigenvalue weighted by atomic mass is 9.90. The number of thiocarbonyl (C=S) groups is 1. The van der Waals surface area contributed by atoms with Gasteiger partial charge in [0.2, 0.25) is 17.7 Å². The van der Waals surface area contributed by atoms with Crippen LogP contribution in [0.1, 0.15) is 68.7 Å². The van der Waals surface area contributed by atoms with Crippen LogP contribution in [0.2, 0.25) is 0 Å². The monoisotopic (exact) mass is 1310 g/mol. The number of aliphatic hydroxyl groups excluding tert-OH is 2. The molecule has 1 fully saturated rings. The van der Waals surface area contributed by atoms with E-state index in [4.69, 9.17) is 12.2 Å². The molecule has 1 saturated heterocycles. The quantitative estimate of drug-likeness (QED) is 0.0230. The molecule has 4 rings (SSSR count). The van der Waals surface area contributed by atoms with Crippen LogP contribution in [0.4, 0.5) is 5.69 Å². The van der Waals surface area contributed by atoms with Crippen LogP contribution in [-0.2, 0) is 76.8 Å². The van der Waals surface area contributed by atoms with Crippen LogP contribution >= 0.6 is 12.2 Å². The molecule has 0 spiro atoms. The van der Waals surface area contributed by atoms with E-state index in [0.29, 0.717) is 23.4 Å². The lowest BCUT2D eigenvalue weighted by molar-refractivity contribution is -0.145. The van der Waals surface area contributed by atoms with Gasteiger partial charge in [0.1, 0.15) is 23.9 Å². The van der Waals surface area contributed by atoms with Gasteiger partial charge in [-0.05, 0) is 68.1 Å². The molecule has 92 heavy (non-hydrogen) atoms. The van der Waals surface area contributed by atoms with Crippen LogP contribution < -0.4 is 26.6 Å². The third-order valence-corrected chi connectivity index (χ3v) is 15.5. The van der Waals surface area contributed by atoms with E-state index < -0.39 is 152 Å². The highest BCUT2D eigenvalue weighted by molar-refractivity contribution is 7.80. The fourth-order valence-electron chi connectivity index (χ4n) is 10.2. The molecule has 7 atom stereocenters. The third kappa shape index (κ3) is 28.2. The number of H-pyrrole nitrogens is 1. The Kier molecular flexibility index (Phi) is 32.6. The molecule has 1 aliphatic heterocycles. The number of nitrogens with one attached hydrogen (secondary N) is 6. The molecular weight excluding hydrogens is 1230 g/mol. The van der Waals surface area contributed by atoms with Crippen molar-refractivity contribution in [2.24, 2.45) is 17.8 Å². The standard InChI is InChI=1S/C60H83N11O20S/c1-37(49(75)27-41(25-44-30-61-36-63-44)57(87)66-46(34-72)50(76)28-40(24-39-6-3-2-4-7-39)56(86)67-47(35-73)58(88)89)64-55(85)42(29-51(77)78)26-45(74)8-5-15-62-60(92)65-43-12-9-38(10-13-43)11-14-48(59(90)91)71-22-20-69(32-53(81)82)18-16-68(31-52(79)80)17-19-70(21-23-71)33-54(83)84/h2-4,6-7,9-10,12-13,30,36-37,40-42,46-48,72-73H,5,8,11,14-29,31-35H2,1H3,(H,61,63)(H,64,85)(H,66,87)(H,67,86)(H,77,78)(H,79,80)(H,81,82)(H,83,84)(H,88,89)(H,90,91)(H2,62,65,92)/t37-,40+,41+,42-,46-,47-,48?/m0/s1. The molecule has 0 aliphatic carbocycles. The van der Waals surface area contributed by atoms with E-state index in [-0.39, 0.29) is 116 Å². The zero-order valence-corrected chi connectivity index (χ0v) is 51.8. The SMILES string of the molecule is C[C@H](NC(=O)[C@H](CC(=O)O)CC(=O)CCCNC(=S)Nc1ccc(CCC(C(=O)O)N2CCN(CC(=O)O)CCN(CC(=O)O)CCN(CC(=O)O)CC2)cc1)C(=O)C[C@@H](Cc1c[nH]cn1)C(=O)N[C@@H](CO)C(=O)C[C@@H](Cc1ccccc1)C(=O)N[C@@H](CO)C(=O)O. The Morgan fingerprint density at radius 2 is 1.10 bits per heavy atom. The number of carbonyl (C=O) groups excluding carboxylic acids is 6. The molecular formula is C60H83N11O20S. The number of nitrogens with zero attached hydrogens (tertiary/aromatic N) is 5. The van der Waals surface area contributed by atoms with Crippen LogP contribution in [0.15, 0.2) is 67.1 Å². The summed E-state index contributed by atoms with van der Waals surface area (Å²) >= 11 is 5.44. The first-order chi connectivity index (χ1) is 43.7. The number of anilines is 1. The summed E-state index contributed by atoms with van der Waals surface area (Å²) in [4.78, 5) is 166. The molecule has 3 amide bonds. The highest BCUT2D eigenvalue weighted by atomic mass is 32.1. The fourth-order valence-corrected chi connectivity index (χ4v) is 10.4. The number of amides is 3. The first-order valence-electron chi connectivity index (χ1n) is 29.8. The molecule has 504 valence electrons. The number of aliphatic carboxylic acids is 6. The van der Waals surface area contributed by atoms with Crippen LogP contribution in [0.25, 0.3) is 0 Å². The number of benzene rings is 2. The maximum absolute atomic E-state index is 13.9. The van der Waals surface area contributed by atoms with Crippen molar-refractivity contribution in [2.45, 2.75) is 95.3 Å². The summed E-state index contributed by atoms with van der Waals surface area (Å²) in [5.74, 6) is -15.9. The van der Waals surface area contributed by atoms with Gasteiger partial charge in [-0.25, -0.2) is 9.78 Å². The highest BCUT2D eigenvalue weighted by Crippen LogP contribution is 2.20. The first kappa shape index (κ1) is 75.8. The Morgan fingerprint density at radius 1 is 0.576 bits per heavy atom. The Bertz CT molecular complexity index is 2950. The summed E-state index contributed by atoms with van der Waals surface area (Å²) in [5, 5.41) is 91.2. The van der Waals surface area contributed by atoms with Crippen molar-refractivity contribution < 1.29 is 98.4 Å². The second-order valence-electron chi connectivity index (χ2n) is 22.4. The number of carboxylic acids is 6. The number of aliphatic hydroxyl groups is 2. The van der Waals surface area contributed by atoms with E-state index in [2.05, 4.69) is 36.6 Å². The van der Waals surface area contributed by atoms with Gasteiger partial charge in [0.05, 0.1) is 69.2 Å². The van der Waals surface area contributed by atoms with Crippen LogP contribution in [0, 0.1) is 17.8 Å². The zero-order chi connectivity index (χ0) is 67.9. The second-order valence-corrected chi connectivity index (χ2v) is 22.8. The van der Waals surface area contributed by atoms with Gasteiger partial charge in [0, 0.05) is 109 Å². The van der Waals surface area contributed by atoms with Crippen molar-refractivity contribution in [3.8, 4) is 0 Å². The molecule has 1 aliphatic rings. The zero-order valence-electron chi connectivity index (χ0n) is 51.0. The molecule has 3 aromatic rings. The van der Waals surface area contributed by atoms with Gasteiger partial charge in [0.25, 0.3) is 0 Å². The van der Waals surface area contributed by atoms with Gasteiger partial charge >= 0.3 is 35.8 Å². The number of aromatic nitrogens is 2. The molecule has 2 aromatic carbocycles. The molecule has 32 heteroatoms. The number of aromatic amines is 1. The number of carbonyl (C=O) groups is 12. The number of rotatable bonds is 39. The fraction of sp³-hybridized carbons (Fsp3) is 0.533. The van der Waals surface area contributed by atoms with Crippen LogP contribution in [0.3, 0.4) is 0 Å². The predicted octanol–water partition coefficient (Wildman–Crippen LogP) is -1.43. The summed E-state index contributed by atoms with van der Waals surface area (Å²) in [6, 6.07) is 9.76. The smallest absolute Gasteiger partial charge is 0.328 e. The third-order valence-electron chi connectivity index (χ3n) is 15.3. The van der Waals surface area contributed by atoms with Crippen molar-refractivity contribution in [1.29, 1.82) is 0 Å². The maximum atomic E-state index is 13.9. The molecule has 31 nitrogen and oxygen atoms in total. The molecule has 1 aromatic heterocycles. The van der Waals surface area contributed by atoms with Gasteiger partial charge in [-0.1, -0.05) is 42.5 Å². The summed E-state index contributed by atoms with van der Waals surface area (Å²) in [6.07, 6.45) is 0.708. The summed E-state index contributed by atoms with van der Waals surface area (Å²) < 4.78 is 0. The number of Topliss-reactive ketones (excluding diaryl/α,β-unsaturated/α-hetero) is 3. The number of hydrogen-bond acceptors (Lipinski definition) is 20. The average molecular weight is 1310 g/mol. The number of ketones is 3. The number of carboxylic acid groups (broad SMARTS) is 6. The Balaban J connectivity index is 1.29. The minimum atomic E-state index is -1.68. The van der Waals surface area contributed by atoms with Crippen LogP contribution in [-0.4, -0.2) is 262 Å². The Morgan fingerprint density at radius 3 is 1.60 bits per heavy atom. The summed E-state index contributed by atoms with van der Waals surface area (Å²) in [6.45, 7) is -0.158. The largest absolute Gasteiger partial charge is 0.481 e. The van der Waals surface area contributed by atoms with E-state index in [0.717, 1.165) is 5.56 Å². The summed E-state index contributed by atoms with van der Waals surface area (Å²) in [7, 11) is 0. The van der Waals surface area contributed by atoms with Crippen molar-refractivity contribution in [2.75, 3.05) is 97.1 Å². The van der Waals surface area contributed by atoms with Crippen molar-refractivity contribution in [1.82, 2.24) is 50.8 Å².